The van der Waals surface area contributed by atoms with Crippen LogP contribution in [-0.4, -0.2) is 63.0 Å². The van der Waals surface area contributed by atoms with Crippen LogP contribution in [0.4, 0.5) is 5.69 Å². The van der Waals surface area contributed by atoms with Crippen LogP contribution in [0.15, 0.2) is 24.3 Å². The second-order valence-corrected chi connectivity index (χ2v) is 13.2. The molecule has 1 aromatic carbocycles. The number of aliphatic carboxylic acids is 1. The molecule has 0 spiro atoms. The summed E-state index contributed by atoms with van der Waals surface area (Å²) in [6, 6.07) is 8.43. The summed E-state index contributed by atoms with van der Waals surface area (Å²) >= 11 is 1.73. The van der Waals surface area contributed by atoms with Crippen LogP contribution in [0.25, 0.3) is 10.4 Å². The Kier molecular flexibility index (Phi) is 7.18. The molecule has 3 fully saturated rings. The summed E-state index contributed by atoms with van der Waals surface area (Å²) in [4.78, 5) is 20.5. The molecule has 5 rings (SSSR count). The third-order valence-electron chi connectivity index (χ3n) is 7.55. The van der Waals surface area contributed by atoms with Crippen molar-refractivity contribution in [3.63, 3.8) is 0 Å². The summed E-state index contributed by atoms with van der Waals surface area (Å²) in [6.45, 7) is 2.80. The van der Waals surface area contributed by atoms with Crippen molar-refractivity contribution in [1.29, 1.82) is 0 Å². The summed E-state index contributed by atoms with van der Waals surface area (Å²) in [5.41, 5.74) is 3.14. The monoisotopic (exact) mass is 506 g/mol. The van der Waals surface area contributed by atoms with E-state index in [0.29, 0.717) is 30.5 Å². The number of carboxylic acids is 1. The number of ether oxygens (including phenoxy) is 1. The van der Waals surface area contributed by atoms with Gasteiger partial charge in [0.2, 0.25) is 0 Å². The number of hydrogen-bond donors (Lipinski definition) is 3. The summed E-state index contributed by atoms with van der Waals surface area (Å²) in [5, 5.41) is 11.0. The van der Waals surface area contributed by atoms with E-state index in [2.05, 4.69) is 29.2 Å². The first kappa shape index (κ1) is 24.1. The van der Waals surface area contributed by atoms with Crippen LogP contribution in [-0.2, 0) is 9.53 Å². The molecule has 9 heteroatoms. The van der Waals surface area contributed by atoms with Crippen LogP contribution in [0.3, 0.4) is 0 Å². The molecular weight excluding hydrogens is 472 g/mol. The molecule has 0 amide bonds. The van der Waals surface area contributed by atoms with Crippen LogP contribution in [0.1, 0.15) is 61.1 Å². The highest BCUT2D eigenvalue weighted by molar-refractivity contribution is 8.24. The minimum absolute atomic E-state index is 0.0435. The predicted octanol–water partition coefficient (Wildman–Crippen LogP) is 5.63. The number of benzene rings is 1. The normalized spacial score (nSPS) is 26.8. The number of aromatic nitrogens is 1. The van der Waals surface area contributed by atoms with Crippen LogP contribution in [0, 0.1) is 5.92 Å². The minimum Gasteiger partial charge on any atom is -0.481 e. The van der Waals surface area contributed by atoms with Gasteiger partial charge in [-0.05, 0) is 43.4 Å². The lowest BCUT2D eigenvalue weighted by molar-refractivity contribution is -0.143. The largest absolute Gasteiger partial charge is 0.481 e. The third-order valence-corrected chi connectivity index (χ3v) is 10.5. The Hall–Kier alpha value is -1.65. The molecule has 34 heavy (non-hydrogen) atoms. The van der Waals surface area contributed by atoms with Crippen molar-refractivity contribution in [1.82, 2.24) is 4.98 Å². The average Bonchev–Trinajstić information content (AvgIpc) is 3.30. The number of carboxylic acid groups (broad SMARTS) is 1. The van der Waals surface area contributed by atoms with Gasteiger partial charge in [-0.2, -0.15) is 10.6 Å². The zero-order valence-electron chi connectivity index (χ0n) is 19.4. The maximum Gasteiger partial charge on any atom is 0.307 e. The minimum atomic E-state index is -2.42. The molecule has 3 aliphatic rings. The molecule has 2 aliphatic heterocycles. The van der Waals surface area contributed by atoms with Gasteiger partial charge in [-0.15, -0.1) is 11.3 Å². The van der Waals surface area contributed by atoms with Crippen molar-refractivity contribution in [2.45, 2.75) is 50.4 Å². The molecule has 7 nitrogen and oxygen atoms in total. The van der Waals surface area contributed by atoms with E-state index in [1.165, 1.54) is 0 Å². The van der Waals surface area contributed by atoms with Gasteiger partial charge < -0.3 is 14.7 Å². The van der Waals surface area contributed by atoms with Crippen molar-refractivity contribution in [3.05, 3.63) is 35.0 Å². The molecular formula is C25H34N2O5S2. The maximum atomic E-state index is 12.1. The van der Waals surface area contributed by atoms with Gasteiger partial charge in [0, 0.05) is 43.8 Å². The third kappa shape index (κ3) is 5.14. The van der Waals surface area contributed by atoms with E-state index in [9.17, 15) is 19.0 Å². The Morgan fingerprint density at radius 2 is 1.71 bits per heavy atom. The molecule has 1 aliphatic carbocycles. The van der Waals surface area contributed by atoms with E-state index in [-0.39, 0.29) is 11.8 Å². The number of carbonyl (C=O) groups is 1. The summed E-state index contributed by atoms with van der Waals surface area (Å²) in [5.74, 6) is 0.0942. The summed E-state index contributed by atoms with van der Waals surface area (Å²) in [7, 11) is -2.42. The van der Waals surface area contributed by atoms with Crippen molar-refractivity contribution in [3.8, 4) is 10.4 Å². The summed E-state index contributed by atoms with van der Waals surface area (Å²) < 4.78 is 25.4. The number of rotatable bonds is 5. The molecule has 0 radical (unpaired) electrons. The van der Waals surface area contributed by atoms with Crippen LogP contribution in [0.5, 0.6) is 0 Å². The Bertz CT molecular complexity index is 993. The number of thiazole rings is 1. The van der Waals surface area contributed by atoms with E-state index in [1.54, 1.807) is 11.3 Å². The number of nitrogens with zero attached hydrogens (tertiary/aromatic N) is 2. The molecule has 2 atom stereocenters. The van der Waals surface area contributed by atoms with Crippen molar-refractivity contribution >= 4 is 33.6 Å². The maximum absolute atomic E-state index is 12.1. The standard InChI is InChI=1S/C25H34N2O5S2/c28-25(29)21-4-2-1-3-20(21)22-23(33-24(26-22)18-9-13-32-14-10-18)17-5-7-19(8-6-17)27-11-15-34(30,31)16-12-27/h5-8,18,20-21,30-31H,1-4,9-16H2,(H,28,29)/t20-,21-/m1/s1. The predicted molar refractivity (Wildman–Crippen MR) is 137 cm³/mol. The topological polar surface area (TPSA) is 103 Å². The Morgan fingerprint density at radius 3 is 2.38 bits per heavy atom. The van der Waals surface area contributed by atoms with Crippen LogP contribution in [0.2, 0.25) is 0 Å². The van der Waals surface area contributed by atoms with Gasteiger partial charge in [0.25, 0.3) is 0 Å². The SMILES string of the molecule is O=C(O)[C@@H]1CCCC[C@H]1c1nc(C2CCOCC2)sc1-c1ccc(N2CCS(O)(O)CC2)cc1. The Labute approximate surface area is 206 Å². The van der Waals surface area contributed by atoms with Gasteiger partial charge in [-0.3, -0.25) is 13.9 Å². The molecule has 3 N–H and O–H groups in total. The summed E-state index contributed by atoms with van der Waals surface area (Å²) in [6.07, 6.45) is 5.54. The average molecular weight is 507 g/mol. The molecule has 2 saturated heterocycles. The lowest BCUT2D eigenvalue weighted by Crippen LogP contribution is -2.38. The van der Waals surface area contributed by atoms with Gasteiger partial charge in [-0.25, -0.2) is 4.98 Å². The van der Waals surface area contributed by atoms with E-state index in [1.807, 2.05) is 0 Å². The molecule has 1 saturated carbocycles. The molecule has 186 valence electrons. The highest BCUT2D eigenvalue weighted by Crippen LogP contribution is 2.46. The highest BCUT2D eigenvalue weighted by Gasteiger charge is 2.36. The fraction of sp³-hybridized carbons (Fsp3) is 0.600. The van der Waals surface area contributed by atoms with Gasteiger partial charge >= 0.3 is 5.97 Å². The highest BCUT2D eigenvalue weighted by atomic mass is 32.3. The van der Waals surface area contributed by atoms with Crippen LogP contribution >= 0.6 is 21.9 Å². The van der Waals surface area contributed by atoms with Crippen LogP contribution < -0.4 is 4.90 Å². The number of hydrogen-bond acceptors (Lipinski definition) is 7. The van der Waals surface area contributed by atoms with Gasteiger partial charge in [0.1, 0.15) is 0 Å². The molecule has 3 heterocycles. The molecule has 2 aromatic rings. The first-order valence-electron chi connectivity index (χ1n) is 12.3. The van der Waals surface area contributed by atoms with E-state index < -0.39 is 16.6 Å². The Morgan fingerprint density at radius 1 is 1.03 bits per heavy atom. The van der Waals surface area contributed by atoms with Gasteiger partial charge in [-0.1, -0.05) is 25.0 Å². The first-order chi connectivity index (χ1) is 16.4. The zero-order chi connectivity index (χ0) is 23.7. The zero-order valence-corrected chi connectivity index (χ0v) is 21.0. The second kappa shape index (κ2) is 10.1. The number of anilines is 1. The second-order valence-electron chi connectivity index (χ2n) is 9.73. The quantitative estimate of drug-likeness (QED) is 0.483. The van der Waals surface area contributed by atoms with E-state index in [0.717, 1.165) is 78.6 Å². The smallest absolute Gasteiger partial charge is 0.307 e. The first-order valence-corrected chi connectivity index (χ1v) is 15.0. The van der Waals surface area contributed by atoms with Gasteiger partial charge in [0.05, 0.1) is 33.0 Å². The fourth-order valence-corrected chi connectivity index (χ4v) is 8.03. The van der Waals surface area contributed by atoms with Crippen molar-refractivity contribution in [2.75, 3.05) is 42.7 Å². The molecule has 1 aromatic heterocycles. The van der Waals surface area contributed by atoms with Crippen molar-refractivity contribution in [2.24, 2.45) is 5.92 Å². The lowest BCUT2D eigenvalue weighted by Gasteiger charge is -2.41. The van der Waals surface area contributed by atoms with Crippen molar-refractivity contribution < 1.29 is 23.7 Å². The lowest BCUT2D eigenvalue weighted by atomic mass is 9.77. The Balaban J connectivity index is 1.46. The molecule has 0 bridgehead atoms. The van der Waals surface area contributed by atoms with E-state index in [4.69, 9.17) is 9.72 Å². The molecule has 0 unspecified atom stereocenters. The van der Waals surface area contributed by atoms with Gasteiger partial charge in [0.15, 0.2) is 0 Å². The van der Waals surface area contributed by atoms with E-state index >= 15 is 0 Å². The fourth-order valence-electron chi connectivity index (χ4n) is 5.49.